The fourth-order valence-corrected chi connectivity index (χ4v) is 5.60. The maximum atomic E-state index is 13.3. The van der Waals surface area contributed by atoms with Crippen LogP contribution in [0.5, 0.6) is 5.75 Å². The number of hydrogen-bond acceptors (Lipinski definition) is 8. The van der Waals surface area contributed by atoms with Gasteiger partial charge in [-0.25, -0.2) is 13.4 Å². The molecule has 3 heterocycles. The molecule has 34 heavy (non-hydrogen) atoms. The molecule has 3 aromatic rings. The predicted octanol–water partition coefficient (Wildman–Crippen LogP) is 1.43. The van der Waals surface area contributed by atoms with Crippen molar-refractivity contribution in [3.05, 3.63) is 39.5 Å². The van der Waals surface area contributed by atoms with Gasteiger partial charge in [-0.3, -0.25) is 9.48 Å². The third-order valence-electron chi connectivity index (χ3n) is 5.97. The first-order chi connectivity index (χ1) is 16.2. The van der Waals surface area contributed by atoms with Crippen LogP contribution in [0, 0.1) is 5.21 Å². The van der Waals surface area contributed by atoms with Crippen LogP contribution in [0.25, 0.3) is 22.4 Å². The fraction of sp³-hybridized carbons (Fsp3) is 0.500. The number of aryl methyl sites for hydroxylation is 2. The molecule has 0 amide bonds. The molecule has 0 N–H and O–H groups in total. The van der Waals surface area contributed by atoms with E-state index in [1.807, 2.05) is 14.0 Å². The van der Waals surface area contributed by atoms with Gasteiger partial charge >= 0.3 is 0 Å². The number of rotatable bonds is 7. The van der Waals surface area contributed by atoms with Crippen molar-refractivity contribution in [2.75, 3.05) is 39.8 Å². The fourth-order valence-electron chi connectivity index (χ4n) is 4.15. The molecular weight excluding hydrogens is 460 g/mol. The Bertz CT molecular complexity index is 1370. The summed E-state index contributed by atoms with van der Waals surface area (Å²) in [6, 6.07) is 4.34. The Kier molecular flexibility index (Phi) is 6.65. The SMILES string of the molecule is CCCc1nn(C)c2c(=O)n([O-])c(-c3cc(S(=O)(=O)N4CCN(C)CC4)ccc3OCC)nc12. The molecule has 1 aliphatic rings. The number of piperazine rings is 1. The predicted molar refractivity (Wildman–Crippen MR) is 128 cm³/mol. The number of aromatic nitrogens is 4. The average Bonchev–Trinajstić information content (AvgIpc) is 3.12. The minimum atomic E-state index is -3.81. The van der Waals surface area contributed by atoms with Crippen LogP contribution in [0.4, 0.5) is 0 Å². The van der Waals surface area contributed by atoms with Crippen molar-refractivity contribution >= 4 is 21.1 Å². The largest absolute Gasteiger partial charge is 0.802 e. The molecule has 184 valence electrons. The van der Waals surface area contributed by atoms with E-state index < -0.39 is 15.6 Å². The lowest BCUT2D eigenvalue weighted by Crippen LogP contribution is -2.47. The summed E-state index contributed by atoms with van der Waals surface area (Å²) in [6.07, 6.45) is 1.37. The second-order valence-corrected chi connectivity index (χ2v) is 10.3. The van der Waals surface area contributed by atoms with Gasteiger partial charge in [0, 0.05) is 33.2 Å². The molecule has 11 nitrogen and oxygen atoms in total. The molecule has 0 radical (unpaired) electrons. The highest BCUT2D eigenvalue weighted by molar-refractivity contribution is 7.89. The summed E-state index contributed by atoms with van der Waals surface area (Å²) in [5.74, 6) is 0.0679. The van der Waals surface area contributed by atoms with Crippen LogP contribution in [-0.2, 0) is 23.5 Å². The molecule has 0 atom stereocenters. The summed E-state index contributed by atoms with van der Waals surface area (Å²) >= 11 is 0. The molecule has 2 aromatic heterocycles. The number of sulfonamides is 1. The van der Waals surface area contributed by atoms with Gasteiger partial charge in [0.1, 0.15) is 17.1 Å². The van der Waals surface area contributed by atoms with Gasteiger partial charge in [-0.1, -0.05) is 13.3 Å². The van der Waals surface area contributed by atoms with E-state index in [2.05, 4.69) is 15.0 Å². The van der Waals surface area contributed by atoms with E-state index in [-0.39, 0.29) is 38.9 Å². The zero-order chi connectivity index (χ0) is 24.6. The van der Waals surface area contributed by atoms with E-state index in [1.54, 1.807) is 14.0 Å². The first-order valence-electron chi connectivity index (χ1n) is 11.3. The van der Waals surface area contributed by atoms with Gasteiger partial charge in [0.25, 0.3) is 5.56 Å². The molecule has 1 saturated heterocycles. The molecule has 0 saturated carbocycles. The number of hydrogen-bond donors (Lipinski definition) is 0. The van der Waals surface area contributed by atoms with Gasteiger partial charge in [0.15, 0.2) is 5.52 Å². The lowest BCUT2D eigenvalue weighted by Gasteiger charge is -2.31. The molecule has 12 heteroatoms. The quantitative estimate of drug-likeness (QED) is 0.488. The average molecular weight is 490 g/mol. The molecule has 0 aliphatic carbocycles. The van der Waals surface area contributed by atoms with Gasteiger partial charge < -0.3 is 19.6 Å². The Hall–Kier alpha value is -2.96. The van der Waals surface area contributed by atoms with Gasteiger partial charge in [-0.2, -0.15) is 9.40 Å². The van der Waals surface area contributed by atoms with Crippen LogP contribution in [0.2, 0.25) is 0 Å². The lowest BCUT2D eigenvalue weighted by molar-refractivity contribution is 0.222. The highest BCUT2D eigenvalue weighted by atomic mass is 32.2. The lowest BCUT2D eigenvalue weighted by atomic mass is 10.1. The zero-order valence-electron chi connectivity index (χ0n) is 19.8. The Morgan fingerprint density at radius 3 is 2.47 bits per heavy atom. The smallest absolute Gasteiger partial charge is 0.275 e. The van der Waals surface area contributed by atoms with Crippen LogP contribution in [-0.4, -0.2) is 77.0 Å². The molecule has 0 spiro atoms. The topological polar surface area (TPSA) is 126 Å². The Morgan fingerprint density at radius 2 is 1.82 bits per heavy atom. The number of nitrogens with zero attached hydrogens (tertiary/aromatic N) is 6. The number of likely N-dealkylation sites (N-methyl/N-ethyl adjacent to an activating group) is 1. The first-order valence-corrected chi connectivity index (χ1v) is 12.7. The molecular formula is C22H29N6O5S-. The van der Waals surface area contributed by atoms with Crippen molar-refractivity contribution in [3.63, 3.8) is 0 Å². The third kappa shape index (κ3) is 4.17. The van der Waals surface area contributed by atoms with Crippen molar-refractivity contribution in [3.8, 4) is 17.1 Å². The molecule has 1 fully saturated rings. The summed E-state index contributed by atoms with van der Waals surface area (Å²) in [7, 11) is -0.268. The zero-order valence-corrected chi connectivity index (χ0v) is 20.6. The first kappa shape index (κ1) is 24.2. The molecule has 0 unspecified atom stereocenters. The molecule has 0 bridgehead atoms. The van der Waals surface area contributed by atoms with Gasteiger partial charge in [-0.15, -0.1) is 0 Å². The van der Waals surface area contributed by atoms with E-state index in [0.717, 1.165) is 6.42 Å². The number of fused-ring (bicyclic) bond motifs is 1. The molecule has 1 aromatic carbocycles. The summed E-state index contributed by atoms with van der Waals surface area (Å²) < 4.78 is 35.3. The van der Waals surface area contributed by atoms with Crippen molar-refractivity contribution in [1.29, 1.82) is 0 Å². The highest BCUT2D eigenvalue weighted by Crippen LogP contribution is 2.33. The molecule has 4 rings (SSSR count). The summed E-state index contributed by atoms with van der Waals surface area (Å²) in [5, 5.41) is 17.4. The van der Waals surface area contributed by atoms with Crippen molar-refractivity contribution in [2.45, 2.75) is 31.6 Å². The minimum Gasteiger partial charge on any atom is -0.802 e. The van der Waals surface area contributed by atoms with Crippen LogP contribution in [0.1, 0.15) is 26.0 Å². The Balaban J connectivity index is 1.90. The summed E-state index contributed by atoms with van der Waals surface area (Å²) in [4.78, 5) is 19.6. The van der Waals surface area contributed by atoms with Gasteiger partial charge in [-0.05, 0) is 38.6 Å². The Labute approximate surface area is 198 Å². The maximum absolute atomic E-state index is 13.3. The highest BCUT2D eigenvalue weighted by Gasteiger charge is 2.29. The Morgan fingerprint density at radius 1 is 1.12 bits per heavy atom. The van der Waals surface area contributed by atoms with Gasteiger partial charge in [0.2, 0.25) is 10.0 Å². The van der Waals surface area contributed by atoms with Crippen LogP contribution in [0.15, 0.2) is 27.9 Å². The summed E-state index contributed by atoms with van der Waals surface area (Å²) in [6.45, 7) is 6.04. The van der Waals surface area contributed by atoms with E-state index in [1.165, 1.54) is 27.2 Å². The maximum Gasteiger partial charge on any atom is 0.275 e. The second-order valence-electron chi connectivity index (χ2n) is 8.35. The van der Waals surface area contributed by atoms with E-state index in [4.69, 9.17) is 4.74 Å². The minimum absolute atomic E-state index is 0.0184. The molecule has 1 aliphatic heterocycles. The van der Waals surface area contributed by atoms with E-state index >= 15 is 0 Å². The van der Waals surface area contributed by atoms with Crippen molar-refractivity contribution in [1.82, 2.24) is 28.7 Å². The van der Waals surface area contributed by atoms with Crippen LogP contribution in [0.3, 0.4) is 0 Å². The number of benzene rings is 1. The standard InChI is InChI=1S/C22H29N6O5S/c1-5-7-17-19-20(26(4)24-17)22(29)28(30)21(23-19)16-14-15(8-9-18(16)33-6-2)34(31,32)27-12-10-25(3)11-13-27/h8-9,14H,5-7,10-13H2,1-4H3/q-1. The number of ether oxygens (including phenoxy) is 1. The van der Waals surface area contributed by atoms with Crippen LogP contribution < -0.4 is 10.3 Å². The van der Waals surface area contributed by atoms with Crippen molar-refractivity contribution < 1.29 is 13.2 Å². The van der Waals surface area contributed by atoms with Gasteiger partial charge in [0.05, 0.1) is 22.8 Å². The summed E-state index contributed by atoms with van der Waals surface area (Å²) in [5.41, 5.74) is 0.412. The normalized spacial score (nSPS) is 15.8. The third-order valence-corrected chi connectivity index (χ3v) is 7.86. The van der Waals surface area contributed by atoms with E-state index in [9.17, 15) is 18.4 Å². The van der Waals surface area contributed by atoms with Crippen LogP contribution >= 0.6 is 0 Å². The monoisotopic (exact) mass is 489 g/mol. The van der Waals surface area contributed by atoms with Crippen molar-refractivity contribution in [2.24, 2.45) is 7.05 Å². The van der Waals surface area contributed by atoms with E-state index in [0.29, 0.717) is 43.8 Å². The second kappa shape index (κ2) is 9.35.